The summed E-state index contributed by atoms with van der Waals surface area (Å²) in [6, 6.07) is 4.89. The van der Waals surface area contributed by atoms with Gasteiger partial charge in [-0.2, -0.15) is 0 Å². The van der Waals surface area contributed by atoms with Crippen LogP contribution in [0.3, 0.4) is 0 Å². The Labute approximate surface area is 114 Å². The first-order chi connectivity index (χ1) is 9.13. The number of rotatable bonds is 4. The Morgan fingerprint density at radius 3 is 2.89 bits per heavy atom. The van der Waals surface area contributed by atoms with Crippen LogP contribution in [-0.2, 0) is 17.8 Å². The molecule has 1 fully saturated rings. The topological polar surface area (TPSA) is 38.5 Å². The molecular formula is C15H23FN2O. The van der Waals surface area contributed by atoms with Crippen molar-refractivity contribution >= 4 is 0 Å². The van der Waals surface area contributed by atoms with E-state index >= 15 is 0 Å². The summed E-state index contributed by atoms with van der Waals surface area (Å²) >= 11 is 0. The molecule has 3 nitrogen and oxygen atoms in total. The summed E-state index contributed by atoms with van der Waals surface area (Å²) in [5, 5.41) is 0. The van der Waals surface area contributed by atoms with Crippen molar-refractivity contribution in [3.63, 3.8) is 0 Å². The van der Waals surface area contributed by atoms with Crippen LogP contribution in [0.5, 0.6) is 0 Å². The van der Waals surface area contributed by atoms with E-state index in [1.165, 1.54) is 12.1 Å². The van der Waals surface area contributed by atoms with Crippen molar-refractivity contribution in [3.8, 4) is 0 Å². The summed E-state index contributed by atoms with van der Waals surface area (Å²) in [4.78, 5) is 2.36. The average Bonchev–Trinajstić information content (AvgIpc) is 2.42. The number of hydrogen-bond acceptors (Lipinski definition) is 3. The van der Waals surface area contributed by atoms with Crippen LogP contribution in [0.15, 0.2) is 18.2 Å². The minimum atomic E-state index is -0.216. The number of likely N-dealkylation sites (tertiary alicyclic amines) is 1. The second kappa shape index (κ2) is 6.46. The zero-order valence-corrected chi connectivity index (χ0v) is 11.7. The maximum Gasteiger partial charge on any atom is 0.123 e. The van der Waals surface area contributed by atoms with Crippen LogP contribution < -0.4 is 5.73 Å². The number of ether oxygens (including phenoxy) is 1. The fourth-order valence-electron chi connectivity index (χ4n) is 2.73. The molecule has 4 heteroatoms. The molecule has 0 spiro atoms. The first-order valence-electron chi connectivity index (χ1n) is 6.86. The molecule has 2 rings (SSSR count). The summed E-state index contributed by atoms with van der Waals surface area (Å²) in [6.07, 6.45) is 1.42. The Kier molecular flexibility index (Phi) is 4.91. The lowest BCUT2D eigenvalue weighted by atomic mass is 9.95. The van der Waals surface area contributed by atoms with Crippen LogP contribution >= 0.6 is 0 Å². The molecule has 2 N–H and O–H groups in total. The lowest BCUT2D eigenvalue weighted by Crippen LogP contribution is -2.43. The number of nitrogens with zero attached hydrogens (tertiary/aromatic N) is 1. The molecule has 1 aromatic rings. The maximum atomic E-state index is 13.2. The summed E-state index contributed by atoms with van der Waals surface area (Å²) < 4.78 is 18.7. The summed E-state index contributed by atoms with van der Waals surface area (Å²) in [6.45, 7) is 5.42. The molecular weight excluding hydrogens is 243 g/mol. The lowest BCUT2D eigenvalue weighted by Gasteiger charge is -2.36. The molecule has 1 aromatic carbocycles. The molecule has 1 heterocycles. The number of nitrogens with two attached hydrogens (primary N) is 1. The normalized spacial score (nSPS) is 24.6. The van der Waals surface area contributed by atoms with E-state index in [4.69, 9.17) is 10.5 Å². The highest BCUT2D eigenvalue weighted by atomic mass is 19.1. The fraction of sp³-hybridized carbons (Fsp3) is 0.600. The average molecular weight is 266 g/mol. The van der Waals surface area contributed by atoms with Crippen molar-refractivity contribution in [1.29, 1.82) is 0 Å². The minimum Gasteiger partial charge on any atom is -0.380 e. The molecule has 1 aliphatic rings. The second-order valence-electron chi connectivity index (χ2n) is 5.39. The summed E-state index contributed by atoms with van der Waals surface area (Å²) in [7, 11) is 1.77. The van der Waals surface area contributed by atoms with Gasteiger partial charge in [0.25, 0.3) is 0 Å². The van der Waals surface area contributed by atoms with Crippen LogP contribution in [0.25, 0.3) is 0 Å². The largest absolute Gasteiger partial charge is 0.380 e. The van der Waals surface area contributed by atoms with E-state index in [-0.39, 0.29) is 11.9 Å². The van der Waals surface area contributed by atoms with Crippen molar-refractivity contribution < 1.29 is 9.13 Å². The van der Waals surface area contributed by atoms with Gasteiger partial charge >= 0.3 is 0 Å². The maximum absolute atomic E-state index is 13.2. The number of piperidine rings is 1. The number of hydrogen-bond donors (Lipinski definition) is 1. The highest BCUT2D eigenvalue weighted by Gasteiger charge is 2.26. The predicted octanol–water partition coefficient (Wildman–Crippen LogP) is 2.14. The van der Waals surface area contributed by atoms with E-state index in [2.05, 4.69) is 11.8 Å². The van der Waals surface area contributed by atoms with Gasteiger partial charge in [-0.05, 0) is 42.1 Å². The molecule has 0 radical (unpaired) electrons. The number of benzene rings is 1. The Morgan fingerprint density at radius 2 is 2.21 bits per heavy atom. The number of halogens is 1. The van der Waals surface area contributed by atoms with Gasteiger partial charge < -0.3 is 10.5 Å². The van der Waals surface area contributed by atoms with Crippen molar-refractivity contribution in [3.05, 3.63) is 35.1 Å². The Balaban J connectivity index is 2.05. The molecule has 2 atom stereocenters. The monoisotopic (exact) mass is 266 g/mol. The van der Waals surface area contributed by atoms with E-state index in [0.29, 0.717) is 12.5 Å². The van der Waals surface area contributed by atoms with Crippen molar-refractivity contribution in [2.24, 2.45) is 11.7 Å². The molecule has 19 heavy (non-hydrogen) atoms. The highest BCUT2D eigenvalue weighted by Crippen LogP contribution is 2.22. The molecule has 0 amide bonds. The van der Waals surface area contributed by atoms with Crippen molar-refractivity contribution in [2.45, 2.75) is 32.5 Å². The molecule has 1 saturated heterocycles. The third-order valence-corrected chi connectivity index (χ3v) is 4.06. The van der Waals surface area contributed by atoms with Gasteiger partial charge in [-0.25, -0.2) is 4.39 Å². The van der Waals surface area contributed by atoms with Crippen molar-refractivity contribution in [1.82, 2.24) is 4.90 Å². The lowest BCUT2D eigenvalue weighted by molar-refractivity contribution is -0.00752. The van der Waals surface area contributed by atoms with Crippen molar-refractivity contribution in [2.75, 3.05) is 20.2 Å². The third-order valence-electron chi connectivity index (χ3n) is 4.06. The van der Waals surface area contributed by atoms with Gasteiger partial charge in [-0.15, -0.1) is 0 Å². The zero-order chi connectivity index (χ0) is 13.8. The van der Waals surface area contributed by atoms with E-state index in [1.807, 2.05) is 6.07 Å². The molecule has 2 unspecified atom stereocenters. The highest BCUT2D eigenvalue weighted by molar-refractivity contribution is 5.27. The van der Waals surface area contributed by atoms with Gasteiger partial charge in [0.2, 0.25) is 0 Å². The third kappa shape index (κ3) is 3.53. The molecule has 0 saturated carbocycles. The van der Waals surface area contributed by atoms with Gasteiger partial charge in [-0.1, -0.05) is 13.0 Å². The smallest absolute Gasteiger partial charge is 0.123 e. The van der Waals surface area contributed by atoms with E-state index in [1.54, 1.807) is 7.11 Å². The van der Waals surface area contributed by atoms with Crippen LogP contribution in [0.2, 0.25) is 0 Å². The van der Waals surface area contributed by atoms with Gasteiger partial charge in [0, 0.05) is 26.7 Å². The van der Waals surface area contributed by atoms with Crippen LogP contribution in [-0.4, -0.2) is 31.2 Å². The standard InChI is InChI=1S/C15H23FN2O/c1-11-5-6-18(10-15(11)19-2)9-12-3-4-14(16)7-13(12)8-17/h3-4,7,11,15H,5-6,8-10,17H2,1-2H3. The Hall–Kier alpha value is -0.970. The van der Waals surface area contributed by atoms with E-state index < -0.39 is 0 Å². The molecule has 0 aliphatic carbocycles. The van der Waals surface area contributed by atoms with Crippen LogP contribution in [0, 0.1) is 11.7 Å². The quantitative estimate of drug-likeness (QED) is 0.907. The Bertz CT molecular complexity index is 425. The molecule has 106 valence electrons. The van der Waals surface area contributed by atoms with Gasteiger partial charge in [0.05, 0.1) is 6.10 Å². The van der Waals surface area contributed by atoms with Crippen LogP contribution in [0.4, 0.5) is 4.39 Å². The predicted molar refractivity (Wildman–Crippen MR) is 74.1 cm³/mol. The molecule has 0 bridgehead atoms. The summed E-state index contributed by atoms with van der Waals surface area (Å²) in [5.74, 6) is 0.384. The van der Waals surface area contributed by atoms with E-state index in [0.717, 1.165) is 37.2 Å². The Morgan fingerprint density at radius 1 is 1.42 bits per heavy atom. The first kappa shape index (κ1) is 14.4. The number of methoxy groups -OCH3 is 1. The van der Waals surface area contributed by atoms with Gasteiger partial charge in [-0.3, -0.25) is 4.90 Å². The SMILES string of the molecule is COC1CN(Cc2ccc(F)cc2CN)CCC1C. The summed E-state index contributed by atoms with van der Waals surface area (Å²) in [5.41, 5.74) is 7.71. The van der Waals surface area contributed by atoms with Gasteiger partial charge in [0.15, 0.2) is 0 Å². The van der Waals surface area contributed by atoms with E-state index in [9.17, 15) is 4.39 Å². The first-order valence-corrected chi connectivity index (χ1v) is 6.86. The fourth-order valence-corrected chi connectivity index (χ4v) is 2.73. The van der Waals surface area contributed by atoms with Crippen LogP contribution in [0.1, 0.15) is 24.5 Å². The zero-order valence-electron chi connectivity index (χ0n) is 11.7. The molecule has 0 aromatic heterocycles. The second-order valence-corrected chi connectivity index (χ2v) is 5.39. The van der Waals surface area contributed by atoms with Gasteiger partial charge in [0.1, 0.15) is 5.82 Å². The minimum absolute atomic E-state index is 0.216. The molecule has 1 aliphatic heterocycles.